The minimum Gasteiger partial charge on any atom is -0.354 e. The van der Waals surface area contributed by atoms with Crippen LogP contribution in [0.5, 0.6) is 0 Å². The Morgan fingerprint density at radius 3 is 2.76 bits per heavy atom. The molecule has 33 heavy (non-hydrogen) atoms. The Labute approximate surface area is 199 Å². The van der Waals surface area contributed by atoms with Gasteiger partial charge in [-0.25, -0.2) is 19.9 Å². The third kappa shape index (κ3) is 5.60. The number of halogens is 1. The molecule has 4 rings (SSSR count). The smallest absolute Gasteiger partial charge is 0.223 e. The molecule has 0 atom stereocenters. The van der Waals surface area contributed by atoms with Crippen LogP contribution in [0.15, 0.2) is 55.1 Å². The summed E-state index contributed by atoms with van der Waals surface area (Å²) >= 11 is 6.09. The highest BCUT2D eigenvalue weighted by Gasteiger charge is 2.16. The Morgan fingerprint density at radius 2 is 1.97 bits per heavy atom. The second-order valence-electron chi connectivity index (χ2n) is 8.51. The van der Waals surface area contributed by atoms with Crippen LogP contribution >= 0.6 is 11.6 Å². The molecule has 1 N–H and O–H groups in total. The van der Waals surface area contributed by atoms with E-state index >= 15 is 0 Å². The first-order valence-corrected chi connectivity index (χ1v) is 11.8. The number of benzene rings is 1. The van der Waals surface area contributed by atoms with E-state index in [1.54, 1.807) is 6.20 Å². The lowest BCUT2D eigenvalue weighted by Gasteiger charge is -2.24. The van der Waals surface area contributed by atoms with Crippen LogP contribution in [0.1, 0.15) is 39.2 Å². The maximum absolute atomic E-state index is 6.09. The topological polar surface area (TPSA) is 71.2 Å². The van der Waals surface area contributed by atoms with Gasteiger partial charge in [0, 0.05) is 43.2 Å². The van der Waals surface area contributed by atoms with Crippen molar-refractivity contribution in [3.63, 3.8) is 0 Å². The number of hydrogen-bond donors (Lipinski definition) is 1. The molecule has 3 heterocycles. The van der Waals surface area contributed by atoms with Gasteiger partial charge in [0.1, 0.15) is 0 Å². The van der Waals surface area contributed by atoms with Gasteiger partial charge in [-0.2, -0.15) is 0 Å². The van der Waals surface area contributed by atoms with E-state index < -0.39 is 0 Å². The van der Waals surface area contributed by atoms with Crippen molar-refractivity contribution in [1.29, 1.82) is 0 Å². The number of fused-ring (bicyclic) bond motifs is 1. The molecule has 0 aliphatic heterocycles. The third-order valence-corrected chi connectivity index (χ3v) is 5.67. The van der Waals surface area contributed by atoms with Gasteiger partial charge in [0.2, 0.25) is 5.95 Å². The molecule has 0 bridgehead atoms. The highest BCUT2D eigenvalue weighted by molar-refractivity contribution is 6.30. The van der Waals surface area contributed by atoms with Crippen molar-refractivity contribution in [2.75, 3.05) is 23.3 Å². The number of imidazole rings is 1. The molecule has 0 amide bonds. The van der Waals surface area contributed by atoms with E-state index in [0.29, 0.717) is 23.4 Å². The van der Waals surface area contributed by atoms with Crippen molar-refractivity contribution in [2.24, 2.45) is 5.92 Å². The summed E-state index contributed by atoms with van der Waals surface area (Å²) in [5.41, 5.74) is 3.62. The molecule has 0 aliphatic rings. The molecule has 8 heteroatoms. The fourth-order valence-electron chi connectivity index (χ4n) is 3.74. The fourth-order valence-corrected chi connectivity index (χ4v) is 3.95. The third-order valence-electron chi connectivity index (χ3n) is 5.44. The molecule has 0 fully saturated rings. The number of nitrogens with one attached hydrogen (secondary N) is 1. The van der Waals surface area contributed by atoms with E-state index in [9.17, 15) is 0 Å². The molecular weight excluding hydrogens is 434 g/mol. The minimum atomic E-state index is 0.557. The lowest BCUT2D eigenvalue weighted by molar-refractivity contribution is 0.568. The number of rotatable bonds is 10. The van der Waals surface area contributed by atoms with Gasteiger partial charge >= 0.3 is 0 Å². The second-order valence-corrected chi connectivity index (χ2v) is 8.94. The lowest BCUT2D eigenvalue weighted by atomic mass is 10.1. The van der Waals surface area contributed by atoms with Gasteiger partial charge in [-0.3, -0.25) is 4.40 Å². The zero-order valence-corrected chi connectivity index (χ0v) is 20.1. The van der Waals surface area contributed by atoms with Gasteiger partial charge in [0.25, 0.3) is 0 Å². The van der Waals surface area contributed by atoms with Gasteiger partial charge in [-0.1, -0.05) is 44.5 Å². The lowest BCUT2D eigenvalue weighted by Crippen LogP contribution is -2.27. The SMILES string of the molecule is CCCN(CCC(C)C)c1nccn2c(-c3ccnc(NCc4cccc(Cl)c4)n3)cnc12. The van der Waals surface area contributed by atoms with Gasteiger partial charge in [0.15, 0.2) is 11.5 Å². The van der Waals surface area contributed by atoms with E-state index in [2.05, 4.69) is 45.4 Å². The molecule has 3 aromatic heterocycles. The van der Waals surface area contributed by atoms with Crippen molar-refractivity contribution in [3.8, 4) is 11.4 Å². The van der Waals surface area contributed by atoms with Crippen LogP contribution in [0.4, 0.5) is 11.8 Å². The summed E-state index contributed by atoms with van der Waals surface area (Å²) in [5, 5.41) is 3.99. The zero-order valence-electron chi connectivity index (χ0n) is 19.4. The van der Waals surface area contributed by atoms with Crippen LogP contribution in [0.3, 0.4) is 0 Å². The number of hydrogen-bond acceptors (Lipinski definition) is 6. The zero-order chi connectivity index (χ0) is 23.2. The van der Waals surface area contributed by atoms with E-state index in [1.807, 2.05) is 48.9 Å². The van der Waals surface area contributed by atoms with Crippen molar-refractivity contribution in [2.45, 2.75) is 40.2 Å². The van der Waals surface area contributed by atoms with E-state index in [1.165, 1.54) is 0 Å². The summed E-state index contributed by atoms with van der Waals surface area (Å²) < 4.78 is 2.06. The first-order chi connectivity index (χ1) is 16.0. The van der Waals surface area contributed by atoms with Crippen LogP contribution in [0.25, 0.3) is 17.0 Å². The molecule has 0 saturated heterocycles. The molecule has 4 aromatic rings. The maximum atomic E-state index is 6.09. The van der Waals surface area contributed by atoms with Crippen LogP contribution in [0, 0.1) is 5.92 Å². The Hall–Kier alpha value is -3.19. The predicted octanol–water partition coefficient (Wildman–Crippen LogP) is 5.71. The molecule has 0 aliphatic carbocycles. The molecule has 0 unspecified atom stereocenters. The van der Waals surface area contributed by atoms with E-state index in [-0.39, 0.29) is 0 Å². The summed E-state index contributed by atoms with van der Waals surface area (Å²) in [7, 11) is 0. The summed E-state index contributed by atoms with van der Waals surface area (Å²) in [6.07, 6.45) is 9.57. The average Bonchev–Trinajstić information content (AvgIpc) is 3.25. The summed E-state index contributed by atoms with van der Waals surface area (Å²) in [6.45, 7) is 9.20. The fraction of sp³-hybridized carbons (Fsp3) is 0.360. The summed E-state index contributed by atoms with van der Waals surface area (Å²) in [4.78, 5) is 20.8. The van der Waals surface area contributed by atoms with E-state index in [0.717, 1.165) is 54.3 Å². The normalized spacial score (nSPS) is 11.3. The summed E-state index contributed by atoms with van der Waals surface area (Å²) in [5.74, 6) is 2.11. The number of aromatic nitrogens is 5. The van der Waals surface area contributed by atoms with Gasteiger partial charge in [-0.05, 0) is 42.5 Å². The first kappa shape index (κ1) is 23.0. The minimum absolute atomic E-state index is 0.557. The molecule has 1 aromatic carbocycles. The van der Waals surface area contributed by atoms with E-state index in [4.69, 9.17) is 21.6 Å². The monoisotopic (exact) mass is 463 g/mol. The molecule has 0 saturated carbocycles. The largest absolute Gasteiger partial charge is 0.354 e. The van der Waals surface area contributed by atoms with Crippen molar-refractivity contribution in [1.82, 2.24) is 24.3 Å². The highest BCUT2D eigenvalue weighted by Crippen LogP contribution is 2.25. The van der Waals surface area contributed by atoms with Gasteiger partial charge < -0.3 is 10.2 Å². The average molecular weight is 464 g/mol. The van der Waals surface area contributed by atoms with Crippen molar-refractivity contribution in [3.05, 3.63) is 65.7 Å². The van der Waals surface area contributed by atoms with Crippen LogP contribution in [0.2, 0.25) is 5.02 Å². The van der Waals surface area contributed by atoms with Gasteiger partial charge in [0.05, 0.1) is 17.6 Å². The molecule has 7 nitrogen and oxygen atoms in total. The molecule has 0 spiro atoms. The Kier molecular flexibility index (Phi) is 7.40. The van der Waals surface area contributed by atoms with Crippen molar-refractivity contribution >= 4 is 29.0 Å². The van der Waals surface area contributed by atoms with Crippen LogP contribution < -0.4 is 10.2 Å². The number of anilines is 2. The first-order valence-electron chi connectivity index (χ1n) is 11.4. The Morgan fingerprint density at radius 1 is 1.09 bits per heavy atom. The standard InChI is InChI=1S/C25H30ClN7/c1-4-12-32(13-9-18(2)3)23-24-29-17-22(33(24)14-11-27-23)21-8-10-28-25(31-21)30-16-19-6-5-7-20(26)15-19/h5-8,10-11,14-15,17-18H,4,9,12-13,16H2,1-3H3,(H,28,30,31). The number of nitrogens with zero attached hydrogens (tertiary/aromatic N) is 6. The summed E-state index contributed by atoms with van der Waals surface area (Å²) in [6, 6.07) is 9.64. The quantitative estimate of drug-likeness (QED) is 0.324. The Balaban J connectivity index is 1.60. The molecule has 0 radical (unpaired) electrons. The highest BCUT2D eigenvalue weighted by atomic mass is 35.5. The molecule has 172 valence electrons. The maximum Gasteiger partial charge on any atom is 0.223 e. The molecular formula is C25H30ClN7. The Bertz CT molecular complexity index is 1200. The van der Waals surface area contributed by atoms with Crippen LogP contribution in [-0.4, -0.2) is 37.4 Å². The van der Waals surface area contributed by atoms with Gasteiger partial charge in [-0.15, -0.1) is 0 Å². The predicted molar refractivity (Wildman–Crippen MR) is 135 cm³/mol. The second kappa shape index (κ2) is 10.6. The van der Waals surface area contributed by atoms with Crippen molar-refractivity contribution < 1.29 is 0 Å². The van der Waals surface area contributed by atoms with Crippen LogP contribution in [-0.2, 0) is 6.54 Å².